The molecule has 1 N–H and O–H groups in total. The summed E-state index contributed by atoms with van der Waals surface area (Å²) in [6.45, 7) is 8.44. The summed E-state index contributed by atoms with van der Waals surface area (Å²) in [5.74, 6) is 0.102. The molecule has 15 heavy (non-hydrogen) atoms. The molecule has 0 spiro atoms. The van der Waals surface area contributed by atoms with Crippen molar-refractivity contribution < 1.29 is 4.79 Å². The van der Waals surface area contributed by atoms with Gasteiger partial charge < -0.3 is 5.32 Å². The highest BCUT2D eigenvalue weighted by Gasteiger charge is 2.20. The number of hydrogen-bond donors (Lipinski definition) is 1. The molecule has 0 radical (unpaired) electrons. The number of aryl methyl sites for hydroxylation is 1. The van der Waals surface area contributed by atoms with Crippen molar-refractivity contribution in [3.8, 4) is 0 Å². The Morgan fingerprint density at radius 1 is 1.53 bits per heavy atom. The number of carbonyl (C=O) groups excluding carboxylic acids is 1. The minimum atomic E-state index is -0.303. The quantitative estimate of drug-likeness (QED) is 0.858. The number of rotatable bonds is 3. The fourth-order valence-electron chi connectivity index (χ4n) is 1.12. The van der Waals surface area contributed by atoms with Crippen molar-refractivity contribution >= 4 is 17.2 Å². The van der Waals surface area contributed by atoms with E-state index in [-0.39, 0.29) is 11.3 Å². The van der Waals surface area contributed by atoms with Crippen molar-refractivity contribution in [3.63, 3.8) is 0 Å². The summed E-state index contributed by atoms with van der Waals surface area (Å²) in [4.78, 5) is 17.0. The van der Waals surface area contributed by atoms with Gasteiger partial charge in [0, 0.05) is 23.3 Å². The second-order valence-corrected chi connectivity index (χ2v) is 5.56. The zero-order valence-electron chi connectivity index (χ0n) is 9.76. The average Bonchev–Trinajstić information content (AvgIpc) is 2.50. The molecular weight excluding hydrogens is 208 g/mol. The highest BCUT2D eigenvalue weighted by atomic mass is 32.1. The molecule has 1 amide bonds. The first-order valence-corrected chi connectivity index (χ1v) is 5.96. The summed E-state index contributed by atoms with van der Waals surface area (Å²) >= 11 is 1.65. The van der Waals surface area contributed by atoms with E-state index in [9.17, 15) is 4.79 Å². The Kier molecular flexibility index (Phi) is 3.85. The minimum absolute atomic E-state index is 0.102. The van der Waals surface area contributed by atoms with Crippen molar-refractivity contribution in [2.75, 3.05) is 6.54 Å². The number of hydrogen-bond acceptors (Lipinski definition) is 3. The maximum absolute atomic E-state index is 11.6. The maximum Gasteiger partial charge on any atom is 0.225 e. The van der Waals surface area contributed by atoms with Gasteiger partial charge in [-0.25, -0.2) is 4.98 Å². The third kappa shape index (κ3) is 3.63. The van der Waals surface area contributed by atoms with Crippen molar-refractivity contribution in [1.29, 1.82) is 0 Å². The molecular formula is C11H18N2OS. The van der Waals surface area contributed by atoms with Crippen LogP contribution in [0, 0.1) is 12.3 Å². The molecule has 84 valence electrons. The minimum Gasteiger partial charge on any atom is -0.355 e. The van der Waals surface area contributed by atoms with Crippen LogP contribution in [0.15, 0.2) is 5.51 Å². The Bertz CT molecular complexity index is 339. The maximum atomic E-state index is 11.6. The molecule has 0 aromatic carbocycles. The number of aromatic nitrogens is 1. The third-order valence-corrected chi connectivity index (χ3v) is 3.16. The van der Waals surface area contributed by atoms with Gasteiger partial charge in [-0.1, -0.05) is 20.8 Å². The van der Waals surface area contributed by atoms with E-state index < -0.39 is 0 Å². The SMILES string of the molecule is Cc1ncsc1CCNC(=O)C(C)(C)C. The highest BCUT2D eigenvalue weighted by Crippen LogP contribution is 2.14. The van der Waals surface area contributed by atoms with E-state index in [1.54, 1.807) is 11.3 Å². The van der Waals surface area contributed by atoms with E-state index in [0.29, 0.717) is 6.54 Å². The number of thiazole rings is 1. The van der Waals surface area contributed by atoms with Crippen LogP contribution in [0.4, 0.5) is 0 Å². The first-order chi connectivity index (χ1) is 6.91. The fraction of sp³-hybridized carbons (Fsp3) is 0.636. The van der Waals surface area contributed by atoms with Gasteiger partial charge >= 0.3 is 0 Å². The zero-order valence-corrected chi connectivity index (χ0v) is 10.6. The lowest BCUT2D eigenvalue weighted by molar-refractivity contribution is -0.128. The summed E-state index contributed by atoms with van der Waals surface area (Å²) in [5.41, 5.74) is 2.61. The van der Waals surface area contributed by atoms with Gasteiger partial charge in [0.2, 0.25) is 5.91 Å². The fourth-order valence-corrected chi connectivity index (χ4v) is 1.90. The summed E-state index contributed by atoms with van der Waals surface area (Å²) in [7, 11) is 0. The van der Waals surface area contributed by atoms with E-state index in [1.807, 2.05) is 33.2 Å². The Morgan fingerprint density at radius 3 is 2.67 bits per heavy atom. The van der Waals surface area contributed by atoms with Crippen LogP contribution in [0.25, 0.3) is 0 Å². The van der Waals surface area contributed by atoms with Crippen LogP contribution in [-0.2, 0) is 11.2 Å². The molecule has 0 unspecified atom stereocenters. The molecule has 0 aliphatic carbocycles. The van der Waals surface area contributed by atoms with Gasteiger partial charge in [-0.3, -0.25) is 4.79 Å². The van der Waals surface area contributed by atoms with Crippen LogP contribution in [0.1, 0.15) is 31.3 Å². The number of amides is 1. The summed E-state index contributed by atoms with van der Waals surface area (Å²) in [6, 6.07) is 0. The van der Waals surface area contributed by atoms with Gasteiger partial charge in [0.05, 0.1) is 11.2 Å². The van der Waals surface area contributed by atoms with E-state index >= 15 is 0 Å². The smallest absolute Gasteiger partial charge is 0.225 e. The van der Waals surface area contributed by atoms with Crippen molar-refractivity contribution in [2.24, 2.45) is 5.41 Å². The molecule has 0 saturated carbocycles. The Morgan fingerprint density at radius 2 is 2.20 bits per heavy atom. The number of nitrogens with zero attached hydrogens (tertiary/aromatic N) is 1. The monoisotopic (exact) mass is 226 g/mol. The molecule has 1 aromatic rings. The Labute approximate surface area is 94.9 Å². The lowest BCUT2D eigenvalue weighted by atomic mass is 9.96. The van der Waals surface area contributed by atoms with Crippen LogP contribution in [0.3, 0.4) is 0 Å². The van der Waals surface area contributed by atoms with Crippen LogP contribution in [0.5, 0.6) is 0 Å². The van der Waals surface area contributed by atoms with Gasteiger partial charge in [-0.05, 0) is 6.92 Å². The van der Waals surface area contributed by atoms with Crippen LogP contribution in [0.2, 0.25) is 0 Å². The molecule has 1 rings (SSSR count). The van der Waals surface area contributed by atoms with E-state index in [2.05, 4.69) is 10.3 Å². The predicted molar refractivity (Wildman–Crippen MR) is 63.0 cm³/mol. The topological polar surface area (TPSA) is 42.0 Å². The number of carbonyl (C=O) groups is 1. The molecule has 0 saturated heterocycles. The van der Waals surface area contributed by atoms with Gasteiger partial charge in [0.1, 0.15) is 0 Å². The molecule has 0 atom stereocenters. The predicted octanol–water partition coefficient (Wildman–Crippen LogP) is 2.16. The molecule has 0 fully saturated rings. The van der Waals surface area contributed by atoms with E-state index in [4.69, 9.17) is 0 Å². The van der Waals surface area contributed by atoms with Crippen LogP contribution in [-0.4, -0.2) is 17.4 Å². The average molecular weight is 226 g/mol. The van der Waals surface area contributed by atoms with Crippen molar-refractivity contribution in [2.45, 2.75) is 34.1 Å². The molecule has 1 aromatic heterocycles. The lowest BCUT2D eigenvalue weighted by Gasteiger charge is -2.17. The van der Waals surface area contributed by atoms with Crippen molar-refractivity contribution in [1.82, 2.24) is 10.3 Å². The first-order valence-electron chi connectivity index (χ1n) is 5.08. The standard InChI is InChI=1S/C11H18N2OS/c1-8-9(15-7-13-8)5-6-12-10(14)11(2,3)4/h7H,5-6H2,1-4H3,(H,12,14). The molecule has 3 nitrogen and oxygen atoms in total. The van der Waals surface area contributed by atoms with Crippen LogP contribution < -0.4 is 5.32 Å². The Balaban J connectivity index is 2.35. The summed E-state index contributed by atoms with van der Waals surface area (Å²) in [6.07, 6.45) is 0.873. The molecule has 0 aliphatic rings. The molecule has 1 heterocycles. The lowest BCUT2D eigenvalue weighted by Crippen LogP contribution is -2.35. The second-order valence-electron chi connectivity index (χ2n) is 4.62. The van der Waals surface area contributed by atoms with Gasteiger partial charge in [0.25, 0.3) is 0 Å². The molecule has 0 bridgehead atoms. The van der Waals surface area contributed by atoms with Gasteiger partial charge in [0.15, 0.2) is 0 Å². The van der Waals surface area contributed by atoms with E-state index in [1.165, 1.54) is 4.88 Å². The Hall–Kier alpha value is -0.900. The normalized spacial score (nSPS) is 11.5. The highest BCUT2D eigenvalue weighted by molar-refractivity contribution is 7.09. The number of nitrogens with one attached hydrogen (secondary N) is 1. The summed E-state index contributed by atoms with van der Waals surface area (Å²) < 4.78 is 0. The largest absolute Gasteiger partial charge is 0.355 e. The first kappa shape index (κ1) is 12.2. The summed E-state index contributed by atoms with van der Waals surface area (Å²) in [5, 5.41) is 2.93. The van der Waals surface area contributed by atoms with E-state index in [0.717, 1.165) is 12.1 Å². The second kappa shape index (κ2) is 4.75. The van der Waals surface area contributed by atoms with Crippen molar-refractivity contribution in [3.05, 3.63) is 16.1 Å². The molecule has 0 aliphatic heterocycles. The van der Waals surface area contributed by atoms with Gasteiger partial charge in [-0.2, -0.15) is 0 Å². The molecule has 4 heteroatoms. The zero-order chi connectivity index (χ0) is 11.5. The van der Waals surface area contributed by atoms with Crippen LogP contribution >= 0.6 is 11.3 Å². The third-order valence-electron chi connectivity index (χ3n) is 2.16. The van der Waals surface area contributed by atoms with Gasteiger partial charge in [-0.15, -0.1) is 11.3 Å².